The minimum Gasteiger partial charge on any atom is -0.387 e. The van der Waals surface area contributed by atoms with Crippen molar-refractivity contribution in [3.63, 3.8) is 0 Å². The first-order valence-electron chi connectivity index (χ1n) is 6.55. The zero-order chi connectivity index (χ0) is 17.6. The Hall–Kier alpha value is -1.70. The van der Waals surface area contributed by atoms with E-state index in [0.717, 1.165) is 6.33 Å². The van der Waals surface area contributed by atoms with Gasteiger partial charge < -0.3 is 35.6 Å². The van der Waals surface area contributed by atoms with Crippen molar-refractivity contribution in [3.05, 3.63) is 12.7 Å². The molecule has 0 aliphatic carbocycles. The van der Waals surface area contributed by atoms with Crippen LogP contribution in [0.5, 0.6) is 0 Å². The predicted octanol–water partition coefficient (Wildman–Crippen LogP) is -2.54. The van der Waals surface area contributed by atoms with Gasteiger partial charge in [-0.2, -0.15) is 0 Å². The monoisotopic (exact) mass is 363 g/mol. The minimum atomic E-state index is -5.03. The number of rotatable bonds is 4. The molecule has 3 heterocycles. The van der Waals surface area contributed by atoms with Crippen LogP contribution in [-0.2, 0) is 13.8 Å². The second-order valence-electron chi connectivity index (χ2n) is 5.04. The number of phosphoric acid groups is 1. The van der Waals surface area contributed by atoms with E-state index in [2.05, 4.69) is 19.5 Å². The molecule has 3 rings (SSSR count). The number of hydrogen-bond donors (Lipinski definition) is 6. The van der Waals surface area contributed by atoms with Crippen molar-refractivity contribution < 1.29 is 38.9 Å². The van der Waals surface area contributed by atoms with Crippen LogP contribution in [0.3, 0.4) is 0 Å². The molecule has 14 heteroatoms. The highest BCUT2D eigenvalue weighted by Crippen LogP contribution is 2.41. The van der Waals surface area contributed by atoms with Gasteiger partial charge in [0.2, 0.25) is 0 Å². The number of nitrogens with two attached hydrogens (primary N) is 1. The molecule has 0 aromatic carbocycles. The van der Waals surface area contributed by atoms with E-state index in [1.165, 1.54) is 10.9 Å². The summed E-state index contributed by atoms with van der Waals surface area (Å²) in [4.78, 5) is 29.1. The fraction of sp³-hybridized carbons (Fsp3) is 0.500. The van der Waals surface area contributed by atoms with Crippen LogP contribution in [0.4, 0.5) is 5.82 Å². The van der Waals surface area contributed by atoms with E-state index in [9.17, 15) is 19.9 Å². The highest BCUT2D eigenvalue weighted by atomic mass is 31.2. The molecule has 0 unspecified atom stereocenters. The summed E-state index contributed by atoms with van der Waals surface area (Å²) in [5.74, 6) is 0.0909. The third-order valence-corrected chi connectivity index (χ3v) is 3.95. The molecule has 24 heavy (non-hydrogen) atoms. The Bertz CT molecular complexity index is 795. The van der Waals surface area contributed by atoms with Gasteiger partial charge in [-0.1, -0.05) is 0 Å². The van der Waals surface area contributed by atoms with Crippen LogP contribution in [-0.4, -0.2) is 69.2 Å². The van der Waals surface area contributed by atoms with Crippen molar-refractivity contribution in [1.29, 1.82) is 0 Å². The van der Waals surface area contributed by atoms with Crippen molar-refractivity contribution >= 4 is 24.8 Å². The number of hydrogen-bond acceptors (Lipinski definition) is 10. The SMILES string of the molecule is Nc1ncnc2c1ncn2[C@@H]1O[C@H]([C@H](O)OP(=O)(O)O)[C@@H](O)[C@@H]1O. The smallest absolute Gasteiger partial charge is 0.387 e. The zero-order valence-electron chi connectivity index (χ0n) is 11.8. The summed E-state index contributed by atoms with van der Waals surface area (Å²) < 4.78 is 21.4. The molecule has 132 valence electrons. The van der Waals surface area contributed by atoms with Gasteiger partial charge in [-0.3, -0.25) is 9.09 Å². The molecular weight excluding hydrogens is 349 g/mol. The summed E-state index contributed by atoms with van der Waals surface area (Å²) in [5.41, 5.74) is 6.08. The average molecular weight is 363 g/mol. The number of nitrogen functional groups attached to an aromatic ring is 1. The second-order valence-corrected chi connectivity index (χ2v) is 6.23. The van der Waals surface area contributed by atoms with Crippen LogP contribution in [0.1, 0.15) is 6.23 Å². The normalized spacial score (nSPS) is 29.2. The molecule has 0 bridgehead atoms. The molecule has 0 saturated carbocycles. The predicted molar refractivity (Wildman–Crippen MR) is 74.8 cm³/mol. The van der Waals surface area contributed by atoms with Crippen LogP contribution >= 0.6 is 7.82 Å². The van der Waals surface area contributed by atoms with Gasteiger partial charge in [0.05, 0.1) is 6.33 Å². The Morgan fingerprint density at radius 1 is 1.29 bits per heavy atom. The summed E-state index contributed by atoms with van der Waals surface area (Å²) in [7, 11) is -5.03. The standard InChI is InChI=1S/C10H14N5O8P/c11-7-3-8(13-1-12-7)15(2-14-3)9-5(17)4(16)6(22-9)10(18)23-24(19,20)21/h1-2,4-6,9-10,16-18H,(H2,11,12,13)(H2,19,20,21)/t4-,5-,6-,9+,10+/m0/s1. The maximum absolute atomic E-state index is 10.8. The molecule has 1 fully saturated rings. The lowest BCUT2D eigenvalue weighted by Gasteiger charge is -2.21. The van der Waals surface area contributed by atoms with Crippen LogP contribution in [0.25, 0.3) is 11.2 Å². The first kappa shape index (κ1) is 17.1. The Balaban J connectivity index is 1.89. The minimum absolute atomic E-state index is 0.0909. The number of fused-ring (bicyclic) bond motifs is 1. The summed E-state index contributed by atoms with van der Waals surface area (Å²) in [6.07, 6.45) is -5.89. The summed E-state index contributed by atoms with van der Waals surface area (Å²) in [6, 6.07) is 0. The van der Waals surface area contributed by atoms with Gasteiger partial charge in [-0.05, 0) is 0 Å². The topological polar surface area (TPSA) is 206 Å². The molecule has 0 amide bonds. The van der Waals surface area contributed by atoms with Crippen molar-refractivity contribution in [2.24, 2.45) is 0 Å². The lowest BCUT2D eigenvalue weighted by molar-refractivity contribution is -0.161. The number of imidazole rings is 1. The van der Waals surface area contributed by atoms with Gasteiger partial charge in [-0.25, -0.2) is 19.5 Å². The third kappa shape index (κ3) is 2.99. The van der Waals surface area contributed by atoms with Gasteiger partial charge in [0.15, 0.2) is 24.0 Å². The number of nitrogens with zero attached hydrogens (tertiary/aromatic N) is 4. The van der Waals surface area contributed by atoms with Crippen LogP contribution in [0.15, 0.2) is 12.7 Å². The van der Waals surface area contributed by atoms with E-state index in [1.807, 2.05) is 0 Å². The van der Waals surface area contributed by atoms with E-state index >= 15 is 0 Å². The van der Waals surface area contributed by atoms with Gasteiger partial charge in [0.25, 0.3) is 0 Å². The van der Waals surface area contributed by atoms with Gasteiger partial charge in [0.1, 0.15) is 30.2 Å². The van der Waals surface area contributed by atoms with Gasteiger partial charge >= 0.3 is 7.82 Å². The molecule has 0 radical (unpaired) electrons. The molecule has 2 aromatic rings. The fourth-order valence-electron chi connectivity index (χ4n) is 2.41. The Morgan fingerprint density at radius 3 is 2.67 bits per heavy atom. The number of aromatic nitrogens is 4. The molecule has 0 spiro atoms. The molecule has 1 aliphatic rings. The van der Waals surface area contributed by atoms with Crippen LogP contribution in [0.2, 0.25) is 0 Å². The van der Waals surface area contributed by atoms with Crippen molar-refractivity contribution in [2.45, 2.75) is 30.8 Å². The first-order valence-corrected chi connectivity index (χ1v) is 8.08. The third-order valence-electron chi connectivity index (χ3n) is 3.46. The van der Waals surface area contributed by atoms with Crippen molar-refractivity contribution in [2.75, 3.05) is 5.73 Å². The Labute approximate surface area is 133 Å². The quantitative estimate of drug-likeness (QED) is 0.245. The molecule has 13 nitrogen and oxygen atoms in total. The zero-order valence-corrected chi connectivity index (χ0v) is 12.7. The first-order chi connectivity index (χ1) is 11.2. The van der Waals surface area contributed by atoms with E-state index in [-0.39, 0.29) is 17.0 Å². The Morgan fingerprint density at radius 2 is 2.00 bits per heavy atom. The number of anilines is 1. The van der Waals surface area contributed by atoms with Gasteiger partial charge in [-0.15, -0.1) is 0 Å². The van der Waals surface area contributed by atoms with Crippen molar-refractivity contribution in [3.8, 4) is 0 Å². The summed E-state index contributed by atoms with van der Waals surface area (Å²) in [6.45, 7) is 0. The fourth-order valence-corrected chi connectivity index (χ4v) is 2.81. The van der Waals surface area contributed by atoms with Gasteiger partial charge in [0, 0.05) is 0 Å². The number of ether oxygens (including phenoxy) is 1. The number of aliphatic hydroxyl groups is 3. The lowest BCUT2D eigenvalue weighted by Crippen LogP contribution is -2.39. The van der Waals surface area contributed by atoms with E-state index in [4.69, 9.17) is 20.3 Å². The van der Waals surface area contributed by atoms with Crippen LogP contribution < -0.4 is 5.73 Å². The summed E-state index contributed by atoms with van der Waals surface area (Å²) in [5, 5.41) is 29.7. The molecule has 7 N–H and O–H groups in total. The molecule has 1 saturated heterocycles. The van der Waals surface area contributed by atoms with E-state index in [0.29, 0.717) is 0 Å². The molecule has 1 aliphatic heterocycles. The average Bonchev–Trinajstić information content (AvgIpc) is 3.01. The maximum atomic E-state index is 10.8. The van der Waals surface area contributed by atoms with Crippen molar-refractivity contribution in [1.82, 2.24) is 19.5 Å². The van der Waals surface area contributed by atoms with E-state index < -0.39 is 38.7 Å². The number of aliphatic hydroxyl groups excluding tert-OH is 3. The Kier molecular flexibility index (Phi) is 4.27. The molecular formula is C10H14N5O8P. The number of phosphoric ester groups is 1. The second kappa shape index (κ2) is 5.98. The summed E-state index contributed by atoms with van der Waals surface area (Å²) >= 11 is 0. The molecule has 2 aromatic heterocycles. The highest BCUT2D eigenvalue weighted by Gasteiger charge is 2.49. The van der Waals surface area contributed by atoms with Crippen LogP contribution in [0, 0.1) is 0 Å². The highest BCUT2D eigenvalue weighted by molar-refractivity contribution is 7.46. The molecule has 5 atom stereocenters. The maximum Gasteiger partial charge on any atom is 0.472 e. The largest absolute Gasteiger partial charge is 0.472 e. The van der Waals surface area contributed by atoms with E-state index in [1.54, 1.807) is 0 Å². The lowest BCUT2D eigenvalue weighted by atomic mass is 10.1.